The topological polar surface area (TPSA) is 68.4 Å². The van der Waals surface area contributed by atoms with E-state index in [0.29, 0.717) is 6.42 Å². The Morgan fingerprint density at radius 2 is 1.61 bits per heavy atom. The summed E-state index contributed by atoms with van der Waals surface area (Å²) in [5, 5.41) is 9.82. The van der Waals surface area contributed by atoms with Gasteiger partial charge in [-0.1, -0.05) is 67.4 Å². The molecule has 0 aliphatic heterocycles. The zero-order valence-corrected chi connectivity index (χ0v) is 18.8. The summed E-state index contributed by atoms with van der Waals surface area (Å²) in [4.78, 5) is 16.9. The summed E-state index contributed by atoms with van der Waals surface area (Å²) in [6.07, 6.45) is 6.23. The van der Waals surface area contributed by atoms with E-state index in [0.717, 1.165) is 44.3 Å². The van der Waals surface area contributed by atoms with E-state index in [4.69, 9.17) is 5.21 Å². The Labute approximate surface area is 195 Å². The second-order valence-corrected chi connectivity index (χ2v) is 8.43. The predicted molar refractivity (Wildman–Crippen MR) is 134 cm³/mol. The largest absolute Gasteiger partial charge is 0.367 e. The summed E-state index contributed by atoms with van der Waals surface area (Å²) in [5.74, 6) is -0.309. The molecule has 170 valence electrons. The molecule has 0 aliphatic carbocycles. The number of carbonyl (C=O) groups excluding carboxylic acids is 1. The SMILES string of the molecule is O=C(CCCCCCN(Cc1ccccc1)c1ccc(-c2ccc3cc[nH]c3c2)cc1)NO. The minimum Gasteiger partial charge on any atom is -0.367 e. The maximum atomic E-state index is 11.2. The smallest absolute Gasteiger partial charge is 0.243 e. The maximum absolute atomic E-state index is 11.2. The van der Waals surface area contributed by atoms with Crippen LogP contribution in [0.5, 0.6) is 0 Å². The number of anilines is 1. The molecular formula is C28H31N3O2. The molecule has 3 aromatic carbocycles. The van der Waals surface area contributed by atoms with Crippen LogP contribution in [-0.2, 0) is 11.3 Å². The van der Waals surface area contributed by atoms with Gasteiger partial charge < -0.3 is 9.88 Å². The summed E-state index contributed by atoms with van der Waals surface area (Å²) < 4.78 is 0. The van der Waals surface area contributed by atoms with Crippen LogP contribution in [0.4, 0.5) is 5.69 Å². The average molecular weight is 442 g/mol. The Morgan fingerprint density at radius 1 is 0.848 bits per heavy atom. The molecular weight excluding hydrogens is 410 g/mol. The van der Waals surface area contributed by atoms with Gasteiger partial charge in [-0.25, -0.2) is 5.48 Å². The molecule has 1 amide bonds. The van der Waals surface area contributed by atoms with Crippen LogP contribution in [0.3, 0.4) is 0 Å². The van der Waals surface area contributed by atoms with Gasteiger partial charge in [-0.15, -0.1) is 0 Å². The van der Waals surface area contributed by atoms with Gasteiger partial charge >= 0.3 is 0 Å². The fourth-order valence-electron chi connectivity index (χ4n) is 4.19. The van der Waals surface area contributed by atoms with Gasteiger partial charge in [-0.3, -0.25) is 10.0 Å². The van der Waals surface area contributed by atoms with E-state index in [1.165, 1.54) is 27.8 Å². The van der Waals surface area contributed by atoms with Crippen molar-refractivity contribution in [2.45, 2.75) is 38.6 Å². The number of amides is 1. The first-order valence-corrected chi connectivity index (χ1v) is 11.6. The molecule has 0 aliphatic rings. The lowest BCUT2D eigenvalue weighted by atomic mass is 10.0. The van der Waals surface area contributed by atoms with Crippen LogP contribution in [0.25, 0.3) is 22.0 Å². The molecule has 0 bridgehead atoms. The van der Waals surface area contributed by atoms with E-state index in [1.807, 2.05) is 12.3 Å². The number of carbonyl (C=O) groups is 1. The van der Waals surface area contributed by atoms with Crippen LogP contribution in [-0.4, -0.2) is 22.6 Å². The Morgan fingerprint density at radius 3 is 2.39 bits per heavy atom. The lowest BCUT2D eigenvalue weighted by Gasteiger charge is -2.25. The van der Waals surface area contributed by atoms with Crippen molar-refractivity contribution in [3.8, 4) is 11.1 Å². The number of H-pyrrole nitrogens is 1. The number of rotatable bonds is 11. The predicted octanol–water partition coefficient (Wildman–Crippen LogP) is 6.30. The summed E-state index contributed by atoms with van der Waals surface area (Å²) >= 11 is 0. The number of nitrogens with zero attached hydrogens (tertiary/aromatic N) is 1. The molecule has 0 fully saturated rings. The Hall–Kier alpha value is -3.57. The van der Waals surface area contributed by atoms with Crippen LogP contribution in [0.1, 0.15) is 37.7 Å². The van der Waals surface area contributed by atoms with E-state index in [-0.39, 0.29) is 5.91 Å². The molecule has 0 saturated heterocycles. The number of hydroxylamine groups is 1. The maximum Gasteiger partial charge on any atom is 0.243 e. The first kappa shape index (κ1) is 22.6. The molecule has 5 nitrogen and oxygen atoms in total. The van der Waals surface area contributed by atoms with Gasteiger partial charge in [-0.05, 0) is 59.2 Å². The molecule has 0 saturated carbocycles. The van der Waals surface area contributed by atoms with Gasteiger partial charge in [0.2, 0.25) is 5.91 Å². The van der Waals surface area contributed by atoms with Crippen molar-refractivity contribution in [3.05, 3.63) is 90.6 Å². The highest BCUT2D eigenvalue weighted by molar-refractivity contribution is 5.85. The van der Waals surface area contributed by atoms with Crippen molar-refractivity contribution in [1.29, 1.82) is 0 Å². The molecule has 4 rings (SSSR count). The number of hydrogen-bond acceptors (Lipinski definition) is 3. The number of hydrogen-bond donors (Lipinski definition) is 3. The first-order chi connectivity index (χ1) is 16.2. The Balaban J connectivity index is 1.42. The van der Waals surface area contributed by atoms with E-state index in [1.54, 1.807) is 5.48 Å². The highest BCUT2D eigenvalue weighted by Gasteiger charge is 2.09. The molecule has 3 N–H and O–H groups in total. The zero-order chi connectivity index (χ0) is 22.9. The minimum atomic E-state index is -0.309. The number of nitrogens with one attached hydrogen (secondary N) is 2. The molecule has 0 radical (unpaired) electrons. The van der Waals surface area contributed by atoms with Crippen molar-refractivity contribution in [1.82, 2.24) is 10.5 Å². The highest BCUT2D eigenvalue weighted by Crippen LogP contribution is 2.27. The van der Waals surface area contributed by atoms with Crippen molar-refractivity contribution in [2.24, 2.45) is 0 Å². The zero-order valence-electron chi connectivity index (χ0n) is 18.8. The molecule has 33 heavy (non-hydrogen) atoms. The molecule has 1 heterocycles. The average Bonchev–Trinajstić information content (AvgIpc) is 3.34. The van der Waals surface area contributed by atoms with E-state index in [9.17, 15) is 4.79 Å². The molecule has 4 aromatic rings. The second-order valence-electron chi connectivity index (χ2n) is 8.43. The van der Waals surface area contributed by atoms with E-state index in [2.05, 4.69) is 82.7 Å². The van der Waals surface area contributed by atoms with Crippen molar-refractivity contribution >= 4 is 22.5 Å². The van der Waals surface area contributed by atoms with Gasteiger partial charge in [0.1, 0.15) is 0 Å². The normalized spacial score (nSPS) is 10.9. The fourth-order valence-corrected chi connectivity index (χ4v) is 4.19. The third-order valence-electron chi connectivity index (χ3n) is 6.04. The van der Waals surface area contributed by atoms with E-state index >= 15 is 0 Å². The number of unbranched alkanes of at least 4 members (excludes halogenated alkanes) is 3. The van der Waals surface area contributed by atoms with Crippen LogP contribution >= 0.6 is 0 Å². The van der Waals surface area contributed by atoms with Gasteiger partial charge in [0, 0.05) is 36.9 Å². The minimum absolute atomic E-state index is 0.309. The van der Waals surface area contributed by atoms with Gasteiger partial charge in [-0.2, -0.15) is 0 Å². The van der Waals surface area contributed by atoms with Crippen LogP contribution in [0.2, 0.25) is 0 Å². The van der Waals surface area contributed by atoms with Gasteiger partial charge in [0.25, 0.3) is 0 Å². The Kier molecular flexibility index (Phi) is 7.77. The highest BCUT2D eigenvalue weighted by atomic mass is 16.5. The number of aromatic nitrogens is 1. The lowest BCUT2D eigenvalue weighted by Crippen LogP contribution is -2.24. The Bertz CT molecular complexity index is 1150. The third kappa shape index (κ3) is 6.24. The second kappa shape index (κ2) is 11.3. The first-order valence-electron chi connectivity index (χ1n) is 11.6. The summed E-state index contributed by atoms with van der Waals surface area (Å²) in [7, 11) is 0. The monoisotopic (exact) mass is 441 g/mol. The standard InChI is InChI=1S/C28H31N3O2/c32-28(30-33)10-6-1-2-7-19-31(21-22-8-4-3-5-9-22)26-15-13-23(14-16-26)25-12-11-24-17-18-29-27(24)20-25/h3-5,8-9,11-18,20,29,33H,1-2,6-7,10,19,21H2,(H,30,32). The molecule has 0 spiro atoms. The fraction of sp³-hybridized carbons (Fsp3) is 0.250. The summed E-state index contributed by atoms with van der Waals surface area (Å²) in [5.41, 5.74) is 7.76. The van der Waals surface area contributed by atoms with Crippen molar-refractivity contribution in [2.75, 3.05) is 11.4 Å². The summed E-state index contributed by atoms with van der Waals surface area (Å²) in [6, 6.07) is 28.0. The molecule has 1 aromatic heterocycles. The molecule has 5 heteroatoms. The molecule has 0 unspecified atom stereocenters. The van der Waals surface area contributed by atoms with E-state index < -0.39 is 0 Å². The number of benzene rings is 3. The molecule has 0 atom stereocenters. The van der Waals surface area contributed by atoms with Gasteiger partial charge in [0.05, 0.1) is 0 Å². The van der Waals surface area contributed by atoms with Crippen molar-refractivity contribution in [3.63, 3.8) is 0 Å². The third-order valence-corrected chi connectivity index (χ3v) is 6.04. The summed E-state index contributed by atoms with van der Waals surface area (Å²) in [6.45, 7) is 1.82. The van der Waals surface area contributed by atoms with Gasteiger partial charge in [0.15, 0.2) is 0 Å². The van der Waals surface area contributed by atoms with Crippen LogP contribution in [0.15, 0.2) is 85.1 Å². The number of aromatic amines is 1. The number of fused-ring (bicyclic) bond motifs is 1. The van der Waals surface area contributed by atoms with Crippen LogP contribution in [0, 0.1) is 0 Å². The lowest BCUT2D eigenvalue weighted by molar-refractivity contribution is -0.129. The van der Waals surface area contributed by atoms with Crippen molar-refractivity contribution < 1.29 is 10.0 Å². The quantitative estimate of drug-likeness (QED) is 0.145. The van der Waals surface area contributed by atoms with Crippen LogP contribution < -0.4 is 10.4 Å².